The maximum absolute atomic E-state index is 9.55. The quantitative estimate of drug-likeness (QED) is 0.492. The summed E-state index contributed by atoms with van der Waals surface area (Å²) >= 11 is 0. The largest absolute Gasteiger partial charge is 0.411 e. The monoisotopic (exact) mass is 348 g/mol. The third-order valence-electron chi connectivity index (χ3n) is 6.08. The van der Waals surface area contributed by atoms with E-state index in [1.807, 2.05) is 6.07 Å². The smallest absolute Gasteiger partial charge is 0.0871 e. The van der Waals surface area contributed by atoms with Crippen molar-refractivity contribution in [2.75, 3.05) is 13.1 Å². The number of hydrogen-bond acceptors (Lipinski definition) is 3. The highest BCUT2D eigenvalue weighted by Crippen LogP contribution is 2.28. The summed E-state index contributed by atoms with van der Waals surface area (Å²) in [6, 6.07) is 17.9. The van der Waals surface area contributed by atoms with Crippen molar-refractivity contribution in [1.82, 2.24) is 4.90 Å². The van der Waals surface area contributed by atoms with Gasteiger partial charge in [0.1, 0.15) is 0 Å². The number of nitrogens with zero attached hydrogens (tertiary/aromatic N) is 2. The second-order valence-electron chi connectivity index (χ2n) is 7.64. The summed E-state index contributed by atoms with van der Waals surface area (Å²) in [6.07, 6.45) is 8.06. The minimum Gasteiger partial charge on any atom is -0.411 e. The second kappa shape index (κ2) is 8.05. The van der Waals surface area contributed by atoms with Gasteiger partial charge in [-0.3, -0.25) is 4.90 Å². The Bertz CT molecular complexity index is 765. The van der Waals surface area contributed by atoms with Crippen LogP contribution in [0.2, 0.25) is 0 Å². The standard InChI is InChI=1S/C23H28N2O/c26-24-23(12-9-18-5-2-1-3-6-18)21-11-10-19-13-15-25(22-7-4-8-22)16-14-20(19)17-21/h1-3,5-6,10-11,17,22,26H,4,7-9,12-16H2. The van der Waals surface area contributed by atoms with Gasteiger partial charge in [-0.1, -0.05) is 54.0 Å². The van der Waals surface area contributed by atoms with E-state index in [1.54, 1.807) is 0 Å². The number of benzene rings is 2. The lowest BCUT2D eigenvalue weighted by Crippen LogP contribution is -2.41. The summed E-state index contributed by atoms with van der Waals surface area (Å²) in [4.78, 5) is 2.68. The van der Waals surface area contributed by atoms with Gasteiger partial charge in [0.25, 0.3) is 0 Å². The van der Waals surface area contributed by atoms with Crippen molar-refractivity contribution in [3.8, 4) is 0 Å². The SMILES string of the molecule is ON=C(CCc1ccccc1)c1ccc2c(c1)CCN(C1CCC1)CC2. The first-order chi connectivity index (χ1) is 12.8. The molecule has 0 atom stereocenters. The highest BCUT2D eigenvalue weighted by atomic mass is 16.4. The van der Waals surface area contributed by atoms with Gasteiger partial charge in [-0.2, -0.15) is 0 Å². The molecule has 2 aliphatic rings. The Morgan fingerprint density at radius 2 is 1.77 bits per heavy atom. The van der Waals surface area contributed by atoms with E-state index in [4.69, 9.17) is 0 Å². The molecule has 0 amide bonds. The summed E-state index contributed by atoms with van der Waals surface area (Å²) < 4.78 is 0. The molecule has 0 aromatic heterocycles. The molecule has 3 heteroatoms. The van der Waals surface area contributed by atoms with Gasteiger partial charge in [0.15, 0.2) is 0 Å². The van der Waals surface area contributed by atoms with Crippen LogP contribution in [0.25, 0.3) is 0 Å². The topological polar surface area (TPSA) is 35.8 Å². The predicted octanol–water partition coefficient (Wildman–Crippen LogP) is 4.45. The van der Waals surface area contributed by atoms with Gasteiger partial charge in [0.05, 0.1) is 5.71 Å². The molecule has 1 fully saturated rings. The van der Waals surface area contributed by atoms with Crippen molar-refractivity contribution in [2.24, 2.45) is 5.16 Å². The second-order valence-corrected chi connectivity index (χ2v) is 7.64. The molecule has 0 radical (unpaired) electrons. The van der Waals surface area contributed by atoms with E-state index in [0.717, 1.165) is 49.5 Å². The zero-order valence-corrected chi connectivity index (χ0v) is 15.4. The molecular weight excluding hydrogens is 320 g/mol. The molecule has 0 spiro atoms. The Kier molecular flexibility index (Phi) is 5.35. The zero-order chi connectivity index (χ0) is 17.8. The lowest BCUT2D eigenvalue weighted by atomic mass is 9.91. The van der Waals surface area contributed by atoms with Gasteiger partial charge in [0.2, 0.25) is 0 Å². The van der Waals surface area contributed by atoms with Gasteiger partial charge in [-0.25, -0.2) is 0 Å². The molecule has 1 aliphatic heterocycles. The van der Waals surface area contributed by atoms with Crippen LogP contribution in [0.1, 0.15) is 47.9 Å². The van der Waals surface area contributed by atoms with Crippen LogP contribution in [-0.2, 0) is 19.3 Å². The van der Waals surface area contributed by atoms with Gasteiger partial charge < -0.3 is 5.21 Å². The summed E-state index contributed by atoms with van der Waals surface area (Å²) in [7, 11) is 0. The summed E-state index contributed by atoms with van der Waals surface area (Å²) in [5, 5.41) is 13.2. The number of aryl methyl sites for hydroxylation is 1. The lowest BCUT2D eigenvalue weighted by molar-refractivity contribution is 0.133. The van der Waals surface area contributed by atoms with Crippen LogP contribution >= 0.6 is 0 Å². The fourth-order valence-corrected chi connectivity index (χ4v) is 4.20. The molecular formula is C23H28N2O. The molecule has 1 saturated carbocycles. The van der Waals surface area contributed by atoms with Crippen molar-refractivity contribution in [3.63, 3.8) is 0 Å². The Labute approximate surface area is 156 Å². The number of oxime groups is 1. The van der Waals surface area contributed by atoms with Crippen LogP contribution in [0.3, 0.4) is 0 Å². The number of fused-ring (bicyclic) bond motifs is 1. The molecule has 0 bridgehead atoms. The molecule has 3 nitrogen and oxygen atoms in total. The van der Waals surface area contributed by atoms with Crippen LogP contribution in [0.5, 0.6) is 0 Å². The van der Waals surface area contributed by atoms with Crippen molar-refractivity contribution >= 4 is 5.71 Å². The Balaban J connectivity index is 1.45. The van der Waals surface area contributed by atoms with Crippen molar-refractivity contribution < 1.29 is 5.21 Å². The minimum absolute atomic E-state index is 0.757. The van der Waals surface area contributed by atoms with Gasteiger partial charge in [-0.05, 0) is 66.8 Å². The molecule has 1 N–H and O–H groups in total. The molecule has 2 aromatic rings. The molecule has 1 aliphatic carbocycles. The zero-order valence-electron chi connectivity index (χ0n) is 15.4. The van der Waals surface area contributed by atoms with E-state index < -0.39 is 0 Å². The van der Waals surface area contributed by atoms with Crippen LogP contribution < -0.4 is 0 Å². The van der Waals surface area contributed by atoms with E-state index in [-0.39, 0.29) is 0 Å². The van der Waals surface area contributed by atoms with Crippen molar-refractivity contribution in [3.05, 3.63) is 70.8 Å². The van der Waals surface area contributed by atoms with Gasteiger partial charge >= 0.3 is 0 Å². The first-order valence-electron chi connectivity index (χ1n) is 9.94. The van der Waals surface area contributed by atoms with Crippen LogP contribution in [0, 0.1) is 0 Å². The van der Waals surface area contributed by atoms with Gasteiger partial charge in [0, 0.05) is 19.1 Å². The Morgan fingerprint density at radius 3 is 2.46 bits per heavy atom. The number of hydrogen-bond donors (Lipinski definition) is 1. The first-order valence-corrected chi connectivity index (χ1v) is 9.94. The highest BCUT2D eigenvalue weighted by Gasteiger charge is 2.26. The number of rotatable bonds is 5. The van der Waals surface area contributed by atoms with Crippen molar-refractivity contribution in [1.29, 1.82) is 0 Å². The Hall–Kier alpha value is -2.13. The van der Waals surface area contributed by atoms with E-state index in [0.29, 0.717) is 0 Å². The summed E-state index contributed by atoms with van der Waals surface area (Å²) in [5.41, 5.74) is 6.04. The van der Waals surface area contributed by atoms with Crippen molar-refractivity contribution in [2.45, 2.75) is 51.0 Å². The molecule has 136 valence electrons. The predicted molar refractivity (Wildman–Crippen MR) is 106 cm³/mol. The average molecular weight is 348 g/mol. The van der Waals surface area contributed by atoms with E-state index in [9.17, 15) is 5.21 Å². The third-order valence-corrected chi connectivity index (χ3v) is 6.08. The van der Waals surface area contributed by atoms with Crippen LogP contribution in [0.4, 0.5) is 0 Å². The maximum atomic E-state index is 9.55. The Morgan fingerprint density at radius 1 is 1.00 bits per heavy atom. The molecule has 26 heavy (non-hydrogen) atoms. The molecule has 0 saturated heterocycles. The van der Waals surface area contributed by atoms with E-state index in [1.165, 1.54) is 42.5 Å². The van der Waals surface area contributed by atoms with Crippen LogP contribution in [-0.4, -0.2) is 35.0 Å². The molecule has 1 heterocycles. The van der Waals surface area contributed by atoms with E-state index >= 15 is 0 Å². The summed E-state index contributed by atoms with van der Waals surface area (Å²) in [5.74, 6) is 0. The summed E-state index contributed by atoms with van der Waals surface area (Å²) in [6.45, 7) is 2.35. The first kappa shape index (κ1) is 17.3. The lowest BCUT2D eigenvalue weighted by Gasteiger charge is -2.36. The molecule has 2 aromatic carbocycles. The minimum atomic E-state index is 0.757. The maximum Gasteiger partial charge on any atom is 0.0871 e. The molecule has 4 rings (SSSR count). The highest BCUT2D eigenvalue weighted by molar-refractivity contribution is 6.00. The van der Waals surface area contributed by atoms with Crippen LogP contribution in [0.15, 0.2) is 53.7 Å². The average Bonchev–Trinajstić information content (AvgIpc) is 2.84. The molecule has 0 unspecified atom stereocenters. The fourth-order valence-electron chi connectivity index (χ4n) is 4.20. The van der Waals surface area contributed by atoms with Gasteiger partial charge in [-0.15, -0.1) is 0 Å². The normalized spacial score (nSPS) is 18.8. The van der Waals surface area contributed by atoms with E-state index in [2.05, 4.69) is 52.5 Å². The third kappa shape index (κ3) is 3.83. The fraction of sp³-hybridized carbons (Fsp3) is 0.435.